The summed E-state index contributed by atoms with van der Waals surface area (Å²) in [5.41, 5.74) is 1.15. The molecule has 0 aromatic heterocycles. The van der Waals surface area contributed by atoms with Crippen LogP contribution in [0.25, 0.3) is 0 Å². The molecule has 0 amide bonds. The van der Waals surface area contributed by atoms with E-state index in [-0.39, 0.29) is 0 Å². The second-order valence-corrected chi connectivity index (χ2v) is 4.94. The molecule has 0 aliphatic carbocycles. The minimum Gasteiger partial charge on any atom is -0.493 e. The highest BCUT2D eigenvalue weighted by Gasteiger charge is 2.01. The first-order valence-corrected chi connectivity index (χ1v) is 6.86. The van der Waals surface area contributed by atoms with Crippen LogP contribution in [-0.4, -0.2) is 12.9 Å². The van der Waals surface area contributed by atoms with Gasteiger partial charge in [0.1, 0.15) is 12.0 Å². The minimum atomic E-state index is 0.686. The molecule has 1 aromatic rings. The largest absolute Gasteiger partial charge is 0.493 e. The smallest absolute Gasteiger partial charge is 0.123 e. The molecule has 0 aliphatic rings. The standard InChI is InChI=1S/C14H19BrO2/c1-12-13(15)8-7-9-14(12)17-11-6-4-2-3-5-10-16/h7-10H,2-6,11H2,1H3. The van der Waals surface area contributed by atoms with Gasteiger partial charge >= 0.3 is 0 Å². The van der Waals surface area contributed by atoms with Gasteiger partial charge in [0, 0.05) is 16.5 Å². The molecule has 0 saturated carbocycles. The van der Waals surface area contributed by atoms with E-state index in [1.165, 1.54) is 0 Å². The van der Waals surface area contributed by atoms with E-state index in [1.807, 2.05) is 25.1 Å². The fourth-order valence-corrected chi connectivity index (χ4v) is 1.96. The number of unbranched alkanes of at least 4 members (excludes halogenated alkanes) is 4. The minimum absolute atomic E-state index is 0.686. The Balaban J connectivity index is 2.18. The molecule has 1 rings (SSSR count). The van der Waals surface area contributed by atoms with Crippen LogP contribution in [-0.2, 0) is 4.79 Å². The van der Waals surface area contributed by atoms with E-state index in [1.54, 1.807) is 0 Å². The fraction of sp³-hybridized carbons (Fsp3) is 0.500. The van der Waals surface area contributed by atoms with Crippen LogP contribution in [0.5, 0.6) is 5.75 Å². The average Bonchev–Trinajstić information content (AvgIpc) is 2.33. The summed E-state index contributed by atoms with van der Waals surface area (Å²) in [6.07, 6.45) is 5.96. The van der Waals surface area contributed by atoms with Gasteiger partial charge in [0.05, 0.1) is 6.61 Å². The van der Waals surface area contributed by atoms with E-state index in [4.69, 9.17) is 4.74 Å². The Morgan fingerprint density at radius 3 is 2.76 bits per heavy atom. The third-order valence-corrected chi connectivity index (χ3v) is 3.55. The lowest BCUT2D eigenvalue weighted by Crippen LogP contribution is -1.99. The van der Waals surface area contributed by atoms with Gasteiger partial charge in [-0.25, -0.2) is 0 Å². The molecule has 17 heavy (non-hydrogen) atoms. The van der Waals surface area contributed by atoms with Crippen molar-refractivity contribution in [3.63, 3.8) is 0 Å². The summed E-state index contributed by atoms with van der Waals surface area (Å²) in [6, 6.07) is 5.99. The van der Waals surface area contributed by atoms with Crippen molar-refractivity contribution in [2.75, 3.05) is 6.61 Å². The highest BCUT2D eigenvalue weighted by atomic mass is 79.9. The zero-order valence-electron chi connectivity index (χ0n) is 10.2. The normalized spacial score (nSPS) is 10.2. The summed E-state index contributed by atoms with van der Waals surface area (Å²) >= 11 is 3.48. The Morgan fingerprint density at radius 1 is 1.24 bits per heavy atom. The SMILES string of the molecule is Cc1c(Br)cccc1OCCCCCCC=O. The number of halogens is 1. The zero-order chi connectivity index (χ0) is 12.5. The molecular weight excluding hydrogens is 280 g/mol. The van der Waals surface area contributed by atoms with Gasteiger partial charge in [-0.3, -0.25) is 0 Å². The highest BCUT2D eigenvalue weighted by Crippen LogP contribution is 2.25. The van der Waals surface area contributed by atoms with Crippen LogP contribution in [0.1, 0.15) is 37.7 Å². The Hall–Kier alpha value is -0.830. The number of rotatable bonds is 8. The van der Waals surface area contributed by atoms with E-state index < -0.39 is 0 Å². The molecule has 0 fully saturated rings. The first kappa shape index (κ1) is 14.2. The van der Waals surface area contributed by atoms with Crippen LogP contribution >= 0.6 is 15.9 Å². The molecule has 94 valence electrons. The second-order valence-electron chi connectivity index (χ2n) is 4.08. The molecule has 0 bridgehead atoms. The summed E-state index contributed by atoms with van der Waals surface area (Å²) in [5.74, 6) is 0.951. The number of hydrogen-bond acceptors (Lipinski definition) is 2. The van der Waals surface area contributed by atoms with E-state index in [9.17, 15) is 4.79 Å². The van der Waals surface area contributed by atoms with Crippen LogP contribution in [0.3, 0.4) is 0 Å². The molecule has 0 atom stereocenters. The predicted molar refractivity (Wildman–Crippen MR) is 73.5 cm³/mol. The van der Waals surface area contributed by atoms with Gasteiger partial charge in [-0.15, -0.1) is 0 Å². The van der Waals surface area contributed by atoms with Crippen molar-refractivity contribution < 1.29 is 9.53 Å². The molecule has 0 radical (unpaired) electrons. The molecule has 3 heteroatoms. The molecule has 0 N–H and O–H groups in total. The van der Waals surface area contributed by atoms with Gasteiger partial charge in [0.25, 0.3) is 0 Å². The summed E-state index contributed by atoms with van der Waals surface area (Å²) in [5, 5.41) is 0. The van der Waals surface area contributed by atoms with Gasteiger partial charge in [-0.05, 0) is 31.9 Å². The van der Waals surface area contributed by atoms with Gasteiger partial charge in [0.2, 0.25) is 0 Å². The molecular formula is C14H19BrO2. The third-order valence-electron chi connectivity index (χ3n) is 2.69. The maximum absolute atomic E-state index is 10.1. The van der Waals surface area contributed by atoms with Crippen LogP contribution < -0.4 is 4.74 Å². The van der Waals surface area contributed by atoms with Crippen molar-refractivity contribution in [1.29, 1.82) is 0 Å². The Labute approximate surface area is 111 Å². The number of benzene rings is 1. The highest BCUT2D eigenvalue weighted by molar-refractivity contribution is 9.10. The number of hydrogen-bond donors (Lipinski definition) is 0. The van der Waals surface area contributed by atoms with Crippen LogP contribution in [0.15, 0.2) is 22.7 Å². The van der Waals surface area contributed by atoms with Crippen LogP contribution in [0, 0.1) is 6.92 Å². The van der Waals surface area contributed by atoms with E-state index in [0.717, 1.165) is 54.4 Å². The molecule has 0 aliphatic heterocycles. The van der Waals surface area contributed by atoms with Crippen molar-refractivity contribution in [3.05, 3.63) is 28.2 Å². The molecule has 0 unspecified atom stereocenters. The van der Waals surface area contributed by atoms with E-state index in [0.29, 0.717) is 6.42 Å². The monoisotopic (exact) mass is 298 g/mol. The van der Waals surface area contributed by atoms with Gasteiger partial charge in [-0.2, -0.15) is 0 Å². The number of carbonyl (C=O) groups is 1. The lowest BCUT2D eigenvalue weighted by atomic mass is 10.1. The summed E-state index contributed by atoms with van der Waals surface area (Å²) in [4.78, 5) is 10.1. The Kier molecular flexibility index (Phi) is 6.94. The average molecular weight is 299 g/mol. The van der Waals surface area contributed by atoms with Crippen molar-refractivity contribution in [2.24, 2.45) is 0 Å². The quantitative estimate of drug-likeness (QED) is 0.529. The summed E-state index contributed by atoms with van der Waals surface area (Å²) in [6.45, 7) is 2.79. The third kappa shape index (κ3) is 5.35. The number of carbonyl (C=O) groups excluding carboxylic acids is 1. The first-order valence-electron chi connectivity index (χ1n) is 6.07. The van der Waals surface area contributed by atoms with Crippen molar-refractivity contribution in [1.82, 2.24) is 0 Å². The molecule has 0 heterocycles. The van der Waals surface area contributed by atoms with Crippen LogP contribution in [0.2, 0.25) is 0 Å². The van der Waals surface area contributed by atoms with Crippen LogP contribution in [0.4, 0.5) is 0 Å². The molecule has 2 nitrogen and oxygen atoms in total. The van der Waals surface area contributed by atoms with Gasteiger partial charge < -0.3 is 9.53 Å². The maximum Gasteiger partial charge on any atom is 0.123 e. The van der Waals surface area contributed by atoms with Crippen molar-refractivity contribution >= 4 is 22.2 Å². The fourth-order valence-electron chi connectivity index (χ4n) is 1.61. The van der Waals surface area contributed by atoms with Crippen molar-refractivity contribution in [3.8, 4) is 5.75 Å². The molecule has 0 saturated heterocycles. The van der Waals surface area contributed by atoms with Gasteiger partial charge in [0.15, 0.2) is 0 Å². The van der Waals surface area contributed by atoms with Gasteiger partial charge in [-0.1, -0.05) is 34.8 Å². The Morgan fingerprint density at radius 2 is 2.00 bits per heavy atom. The molecule has 0 spiro atoms. The van der Waals surface area contributed by atoms with Crippen molar-refractivity contribution in [2.45, 2.75) is 39.0 Å². The summed E-state index contributed by atoms with van der Waals surface area (Å²) < 4.78 is 6.81. The van der Waals surface area contributed by atoms with E-state index >= 15 is 0 Å². The lowest BCUT2D eigenvalue weighted by molar-refractivity contribution is -0.107. The second kappa shape index (κ2) is 8.29. The first-order chi connectivity index (χ1) is 8.25. The predicted octanol–water partition coefficient (Wildman–Crippen LogP) is 4.29. The Bertz CT molecular complexity index is 350. The summed E-state index contributed by atoms with van der Waals surface area (Å²) in [7, 11) is 0. The maximum atomic E-state index is 10.1. The molecule has 1 aromatic carbocycles. The number of aldehydes is 1. The zero-order valence-corrected chi connectivity index (χ0v) is 11.8. The van der Waals surface area contributed by atoms with E-state index in [2.05, 4.69) is 15.9 Å². The topological polar surface area (TPSA) is 26.3 Å². The number of ether oxygens (including phenoxy) is 1. The lowest BCUT2D eigenvalue weighted by Gasteiger charge is -2.09.